The third-order valence-corrected chi connectivity index (χ3v) is 4.57. The third kappa shape index (κ3) is 4.88. The number of halogens is 1. The molecule has 2 atom stereocenters. The van der Waals surface area contributed by atoms with Gasteiger partial charge in [0, 0.05) is 55.1 Å². The van der Waals surface area contributed by atoms with E-state index in [0.29, 0.717) is 12.3 Å². The summed E-state index contributed by atoms with van der Waals surface area (Å²) in [6, 6.07) is 12.1. The second kappa shape index (κ2) is 8.55. The zero-order valence-electron chi connectivity index (χ0n) is 16.6. The Hall–Kier alpha value is -3.03. The molecule has 0 bridgehead atoms. The van der Waals surface area contributed by atoms with E-state index in [1.165, 1.54) is 12.1 Å². The Labute approximate surface area is 168 Å². The number of aromatic nitrogens is 2. The van der Waals surface area contributed by atoms with Crippen LogP contribution < -0.4 is 11.5 Å². The second-order valence-electron chi connectivity index (χ2n) is 7.50. The molecule has 6 nitrogen and oxygen atoms in total. The maximum Gasteiger partial charge on any atom is 0.165 e. The van der Waals surface area contributed by atoms with E-state index in [1.54, 1.807) is 18.2 Å². The maximum atomic E-state index is 13.0. The Kier molecular flexibility index (Phi) is 6.10. The average Bonchev–Trinajstić information content (AvgIpc) is 3.20. The molecule has 0 fully saturated rings. The minimum absolute atomic E-state index is 0.0211. The van der Waals surface area contributed by atoms with Crippen molar-refractivity contribution in [2.75, 3.05) is 0 Å². The predicted octanol–water partition coefficient (Wildman–Crippen LogP) is 3.53. The molecule has 2 aromatic heterocycles. The number of rotatable bonds is 4. The Balaban J connectivity index is 0.000000166. The van der Waals surface area contributed by atoms with Gasteiger partial charge in [-0.1, -0.05) is 0 Å². The monoisotopic (exact) mass is 398 g/mol. The van der Waals surface area contributed by atoms with E-state index in [0.717, 1.165) is 28.4 Å². The minimum atomic E-state index is -0.596. The van der Waals surface area contributed by atoms with Crippen molar-refractivity contribution < 1.29 is 14.6 Å². The molecule has 4 rings (SSSR count). The minimum Gasteiger partial charge on any atom is -0.508 e. The number of hydrogen-bond acceptors (Lipinski definition) is 4. The molecule has 0 spiro atoms. The van der Waals surface area contributed by atoms with Gasteiger partial charge in [0.2, 0.25) is 0 Å². The predicted molar refractivity (Wildman–Crippen MR) is 114 cm³/mol. The number of benzene rings is 2. The number of phenols is 2. The van der Waals surface area contributed by atoms with Crippen molar-refractivity contribution in [3.63, 3.8) is 0 Å². The average molecular weight is 398 g/mol. The van der Waals surface area contributed by atoms with Gasteiger partial charge >= 0.3 is 0 Å². The smallest absolute Gasteiger partial charge is 0.165 e. The lowest BCUT2D eigenvalue weighted by Crippen LogP contribution is -2.21. The molecular weight excluding hydrogens is 371 g/mol. The Morgan fingerprint density at radius 3 is 1.97 bits per heavy atom. The van der Waals surface area contributed by atoms with E-state index in [1.807, 2.05) is 42.9 Å². The molecule has 0 saturated heterocycles. The normalized spacial score (nSPS) is 13.3. The van der Waals surface area contributed by atoms with Crippen LogP contribution in [0.5, 0.6) is 11.5 Å². The van der Waals surface area contributed by atoms with Crippen LogP contribution in [-0.4, -0.2) is 31.4 Å². The van der Waals surface area contributed by atoms with Gasteiger partial charge in [0.25, 0.3) is 0 Å². The lowest BCUT2D eigenvalue weighted by atomic mass is 10.2. The number of phenolic OH excluding ortho intramolecular Hbond substituents is 2. The first-order chi connectivity index (χ1) is 13.7. The van der Waals surface area contributed by atoms with E-state index >= 15 is 0 Å². The second-order valence-corrected chi connectivity index (χ2v) is 7.50. The number of aromatic hydroxyl groups is 2. The molecule has 0 aliphatic heterocycles. The summed E-state index contributed by atoms with van der Waals surface area (Å²) in [5, 5.41) is 20.5. The van der Waals surface area contributed by atoms with E-state index in [2.05, 4.69) is 4.57 Å². The van der Waals surface area contributed by atoms with Crippen LogP contribution in [0.15, 0.2) is 54.9 Å². The quantitative estimate of drug-likeness (QED) is 0.422. The van der Waals surface area contributed by atoms with Gasteiger partial charge in [-0.15, -0.1) is 0 Å². The van der Waals surface area contributed by atoms with Crippen molar-refractivity contribution in [1.29, 1.82) is 0 Å². The maximum absolute atomic E-state index is 13.0. The van der Waals surface area contributed by atoms with Crippen molar-refractivity contribution in [2.45, 2.75) is 39.0 Å². The molecule has 154 valence electrons. The molecule has 2 unspecified atom stereocenters. The van der Waals surface area contributed by atoms with Crippen LogP contribution >= 0.6 is 0 Å². The van der Waals surface area contributed by atoms with Crippen LogP contribution in [-0.2, 0) is 13.1 Å². The summed E-state index contributed by atoms with van der Waals surface area (Å²) in [4.78, 5) is 0. The van der Waals surface area contributed by atoms with Crippen LogP contribution in [0, 0.1) is 5.82 Å². The molecule has 0 radical (unpaired) electrons. The van der Waals surface area contributed by atoms with Crippen molar-refractivity contribution in [2.24, 2.45) is 11.5 Å². The molecule has 6 N–H and O–H groups in total. The molecule has 4 aromatic rings. The SMILES string of the molecule is CC(N)Cn1ccc2cc(F)c(O)cc21.CC(N)Cn1ccc2ccc(O)cc21. The zero-order chi connectivity index (χ0) is 21.1. The summed E-state index contributed by atoms with van der Waals surface area (Å²) < 4.78 is 17.0. The summed E-state index contributed by atoms with van der Waals surface area (Å²) in [6.45, 7) is 5.28. The summed E-state index contributed by atoms with van der Waals surface area (Å²) in [5.74, 6) is -0.629. The summed E-state index contributed by atoms with van der Waals surface area (Å²) in [6.07, 6.45) is 3.83. The van der Waals surface area contributed by atoms with E-state index in [9.17, 15) is 14.6 Å². The van der Waals surface area contributed by atoms with E-state index in [-0.39, 0.29) is 17.8 Å². The largest absolute Gasteiger partial charge is 0.508 e. The van der Waals surface area contributed by atoms with Gasteiger partial charge in [-0.3, -0.25) is 0 Å². The highest BCUT2D eigenvalue weighted by Gasteiger charge is 2.08. The fourth-order valence-electron chi connectivity index (χ4n) is 3.31. The number of fused-ring (bicyclic) bond motifs is 2. The summed E-state index contributed by atoms with van der Waals surface area (Å²) in [5.41, 5.74) is 13.2. The van der Waals surface area contributed by atoms with Gasteiger partial charge < -0.3 is 30.8 Å². The Morgan fingerprint density at radius 2 is 1.38 bits per heavy atom. The molecule has 0 amide bonds. The number of nitrogens with two attached hydrogens (primary N) is 2. The van der Waals surface area contributed by atoms with Crippen molar-refractivity contribution in [3.05, 3.63) is 60.7 Å². The fourth-order valence-corrected chi connectivity index (χ4v) is 3.31. The molecule has 2 aromatic carbocycles. The van der Waals surface area contributed by atoms with E-state index in [4.69, 9.17) is 11.5 Å². The van der Waals surface area contributed by atoms with Crippen molar-refractivity contribution in [3.8, 4) is 11.5 Å². The van der Waals surface area contributed by atoms with Gasteiger partial charge in [-0.25, -0.2) is 4.39 Å². The first-order valence-electron chi connectivity index (χ1n) is 9.51. The summed E-state index contributed by atoms with van der Waals surface area (Å²) >= 11 is 0. The fraction of sp³-hybridized carbons (Fsp3) is 0.273. The molecule has 2 heterocycles. The first-order valence-corrected chi connectivity index (χ1v) is 9.51. The molecule has 29 heavy (non-hydrogen) atoms. The van der Waals surface area contributed by atoms with Crippen LogP contribution in [0.3, 0.4) is 0 Å². The molecule has 0 aliphatic rings. The molecule has 0 aliphatic carbocycles. The third-order valence-electron chi connectivity index (χ3n) is 4.57. The lowest BCUT2D eigenvalue weighted by Gasteiger charge is -2.08. The molecule has 7 heteroatoms. The highest BCUT2D eigenvalue weighted by molar-refractivity contribution is 5.82. The molecule has 0 saturated carbocycles. The first kappa shape index (κ1) is 20.7. The van der Waals surface area contributed by atoms with Gasteiger partial charge in [0.1, 0.15) is 5.75 Å². The van der Waals surface area contributed by atoms with Gasteiger partial charge in [-0.2, -0.15) is 0 Å². The van der Waals surface area contributed by atoms with Crippen molar-refractivity contribution in [1.82, 2.24) is 9.13 Å². The van der Waals surface area contributed by atoms with Gasteiger partial charge in [0.05, 0.1) is 11.0 Å². The Morgan fingerprint density at radius 1 is 0.828 bits per heavy atom. The van der Waals surface area contributed by atoms with Crippen LogP contribution in [0.25, 0.3) is 21.8 Å². The van der Waals surface area contributed by atoms with Crippen LogP contribution in [0.4, 0.5) is 4.39 Å². The van der Waals surface area contributed by atoms with Crippen molar-refractivity contribution >= 4 is 21.8 Å². The van der Waals surface area contributed by atoms with Crippen LogP contribution in [0.2, 0.25) is 0 Å². The standard InChI is InChI=1S/C11H13FN2O.C11H14N2O/c1-7(13)6-14-3-2-8-4-9(12)11(15)5-10(8)14;1-8(12)7-13-5-4-9-2-3-10(14)6-11(9)13/h2-5,7,15H,6,13H2,1H3;2-6,8,14H,7,12H2,1H3. The zero-order valence-corrected chi connectivity index (χ0v) is 16.6. The highest BCUT2D eigenvalue weighted by atomic mass is 19.1. The van der Waals surface area contributed by atoms with Gasteiger partial charge in [0.15, 0.2) is 11.6 Å². The van der Waals surface area contributed by atoms with Gasteiger partial charge in [-0.05, 0) is 49.6 Å². The lowest BCUT2D eigenvalue weighted by molar-refractivity contribution is 0.433. The molecular formula is C22H27FN4O2. The topological polar surface area (TPSA) is 102 Å². The number of nitrogens with zero attached hydrogens (tertiary/aromatic N) is 2. The summed E-state index contributed by atoms with van der Waals surface area (Å²) in [7, 11) is 0. The highest BCUT2D eigenvalue weighted by Crippen LogP contribution is 2.24. The van der Waals surface area contributed by atoms with E-state index < -0.39 is 5.82 Å². The number of hydrogen-bond donors (Lipinski definition) is 4. The Bertz CT molecular complexity index is 1110. The van der Waals surface area contributed by atoms with Crippen LogP contribution in [0.1, 0.15) is 13.8 Å².